The first-order valence-corrected chi connectivity index (χ1v) is 10.1. The zero-order chi connectivity index (χ0) is 22.0. The molecule has 7 heteroatoms. The van der Waals surface area contributed by atoms with Crippen LogP contribution in [0.2, 0.25) is 0 Å². The average Bonchev–Trinajstić information content (AvgIpc) is 2.76. The SMILES string of the molecule is Cc1ccc(-c2cc(C(=O)NCc3cnc(C)nc3)cc(C(=O)N3CC(O)C3)c2)cc1. The second-order valence-corrected chi connectivity index (χ2v) is 7.85. The van der Waals surface area contributed by atoms with Crippen LogP contribution in [0.4, 0.5) is 0 Å². The van der Waals surface area contributed by atoms with Crippen molar-refractivity contribution < 1.29 is 14.7 Å². The number of carbonyl (C=O) groups is 2. The number of hydrogen-bond acceptors (Lipinski definition) is 5. The van der Waals surface area contributed by atoms with Gasteiger partial charge in [-0.2, -0.15) is 0 Å². The number of nitrogens with one attached hydrogen (secondary N) is 1. The molecule has 0 saturated carbocycles. The molecule has 4 rings (SSSR count). The molecular formula is C24H24N4O3. The van der Waals surface area contributed by atoms with E-state index in [4.69, 9.17) is 0 Å². The summed E-state index contributed by atoms with van der Waals surface area (Å²) in [5, 5.41) is 12.4. The topological polar surface area (TPSA) is 95.4 Å². The molecule has 1 saturated heterocycles. The van der Waals surface area contributed by atoms with E-state index in [9.17, 15) is 14.7 Å². The van der Waals surface area contributed by atoms with Gasteiger partial charge in [-0.3, -0.25) is 9.59 Å². The number of aliphatic hydroxyl groups excluding tert-OH is 1. The normalized spacial score (nSPS) is 13.6. The van der Waals surface area contributed by atoms with Crippen LogP contribution in [0.25, 0.3) is 11.1 Å². The third-order valence-corrected chi connectivity index (χ3v) is 5.26. The van der Waals surface area contributed by atoms with Crippen LogP contribution in [0, 0.1) is 13.8 Å². The molecule has 7 nitrogen and oxygen atoms in total. The molecule has 2 N–H and O–H groups in total. The van der Waals surface area contributed by atoms with E-state index in [1.807, 2.05) is 31.2 Å². The fraction of sp³-hybridized carbons (Fsp3) is 0.250. The van der Waals surface area contributed by atoms with Crippen molar-refractivity contribution in [3.63, 3.8) is 0 Å². The van der Waals surface area contributed by atoms with Gasteiger partial charge in [0.25, 0.3) is 11.8 Å². The maximum Gasteiger partial charge on any atom is 0.254 e. The molecule has 0 aliphatic carbocycles. The molecule has 1 aliphatic heterocycles. The van der Waals surface area contributed by atoms with E-state index < -0.39 is 6.10 Å². The largest absolute Gasteiger partial charge is 0.389 e. The lowest BCUT2D eigenvalue weighted by molar-refractivity contribution is 0.00589. The number of hydrogen-bond donors (Lipinski definition) is 2. The highest BCUT2D eigenvalue weighted by Gasteiger charge is 2.30. The molecule has 1 aromatic heterocycles. The van der Waals surface area contributed by atoms with Crippen LogP contribution in [-0.2, 0) is 6.54 Å². The summed E-state index contributed by atoms with van der Waals surface area (Å²) in [7, 11) is 0. The number of rotatable bonds is 5. The Bertz CT molecular complexity index is 1100. The Morgan fingerprint density at radius 3 is 2.29 bits per heavy atom. The molecule has 158 valence electrons. The van der Waals surface area contributed by atoms with E-state index in [1.165, 1.54) is 0 Å². The third kappa shape index (κ3) is 4.78. The number of β-amino-alcohol motifs (C(OH)–C–C–N with tert-alkyl or cyclic N) is 1. The molecule has 1 aliphatic rings. The molecule has 2 amide bonds. The van der Waals surface area contributed by atoms with Gasteiger partial charge in [-0.05, 0) is 43.2 Å². The maximum atomic E-state index is 12.9. The van der Waals surface area contributed by atoms with Gasteiger partial charge in [0.15, 0.2) is 0 Å². The number of aromatic nitrogens is 2. The van der Waals surface area contributed by atoms with Crippen molar-refractivity contribution >= 4 is 11.8 Å². The van der Waals surface area contributed by atoms with Gasteiger partial charge in [-0.1, -0.05) is 29.8 Å². The summed E-state index contributed by atoms with van der Waals surface area (Å²) in [4.78, 5) is 35.6. The van der Waals surface area contributed by atoms with E-state index in [2.05, 4.69) is 15.3 Å². The van der Waals surface area contributed by atoms with Crippen LogP contribution < -0.4 is 5.32 Å². The van der Waals surface area contributed by atoms with E-state index >= 15 is 0 Å². The molecule has 0 bridgehead atoms. The number of nitrogens with zero attached hydrogens (tertiary/aromatic N) is 3. The molecule has 0 atom stereocenters. The third-order valence-electron chi connectivity index (χ3n) is 5.26. The van der Waals surface area contributed by atoms with E-state index in [0.717, 1.165) is 22.3 Å². The van der Waals surface area contributed by atoms with Crippen molar-refractivity contribution in [2.24, 2.45) is 0 Å². The molecule has 2 aromatic carbocycles. The number of benzene rings is 2. The molecule has 0 spiro atoms. The number of likely N-dealkylation sites (tertiary alicyclic amines) is 1. The number of carbonyl (C=O) groups excluding carboxylic acids is 2. The molecule has 0 radical (unpaired) electrons. The van der Waals surface area contributed by atoms with Crippen LogP contribution >= 0.6 is 0 Å². The van der Waals surface area contributed by atoms with Crippen molar-refractivity contribution in [1.82, 2.24) is 20.2 Å². The summed E-state index contributed by atoms with van der Waals surface area (Å²) < 4.78 is 0. The smallest absolute Gasteiger partial charge is 0.254 e. The Morgan fingerprint density at radius 1 is 1.00 bits per heavy atom. The van der Waals surface area contributed by atoms with E-state index in [-0.39, 0.29) is 18.4 Å². The van der Waals surface area contributed by atoms with Crippen molar-refractivity contribution in [2.75, 3.05) is 13.1 Å². The lowest BCUT2D eigenvalue weighted by atomic mass is 9.97. The summed E-state index contributed by atoms with van der Waals surface area (Å²) in [6.07, 6.45) is 2.87. The zero-order valence-corrected chi connectivity index (χ0v) is 17.5. The predicted octanol–water partition coefficient (Wildman–Crippen LogP) is 2.51. The van der Waals surface area contributed by atoms with Gasteiger partial charge in [0.05, 0.1) is 6.10 Å². The first kappa shape index (κ1) is 20.7. The van der Waals surface area contributed by atoms with Crippen molar-refractivity contribution in [2.45, 2.75) is 26.5 Å². The lowest BCUT2D eigenvalue weighted by Gasteiger charge is -2.36. The van der Waals surface area contributed by atoms with Crippen LogP contribution in [0.15, 0.2) is 54.9 Å². The van der Waals surface area contributed by atoms with Gasteiger partial charge in [0.2, 0.25) is 0 Å². The van der Waals surface area contributed by atoms with Crippen molar-refractivity contribution in [3.8, 4) is 11.1 Å². The molecule has 0 unspecified atom stereocenters. The first-order chi connectivity index (χ1) is 14.9. The van der Waals surface area contributed by atoms with Crippen molar-refractivity contribution in [1.29, 1.82) is 0 Å². The van der Waals surface area contributed by atoms with Gasteiger partial charge >= 0.3 is 0 Å². The zero-order valence-electron chi connectivity index (χ0n) is 17.5. The van der Waals surface area contributed by atoms with Gasteiger partial charge in [-0.25, -0.2) is 9.97 Å². The quantitative estimate of drug-likeness (QED) is 0.666. The molecule has 2 heterocycles. The fourth-order valence-corrected chi connectivity index (χ4v) is 3.39. The minimum Gasteiger partial charge on any atom is -0.389 e. The minimum absolute atomic E-state index is 0.194. The van der Waals surface area contributed by atoms with Crippen LogP contribution in [0.3, 0.4) is 0 Å². The number of amides is 2. The Labute approximate surface area is 180 Å². The monoisotopic (exact) mass is 416 g/mol. The summed E-state index contributed by atoms with van der Waals surface area (Å²) in [6.45, 7) is 4.71. The summed E-state index contributed by atoms with van der Waals surface area (Å²) in [6, 6.07) is 13.1. The fourth-order valence-electron chi connectivity index (χ4n) is 3.39. The van der Waals surface area contributed by atoms with Crippen LogP contribution in [-0.4, -0.2) is 51.0 Å². The van der Waals surface area contributed by atoms with E-state index in [1.54, 1.807) is 42.4 Å². The second-order valence-electron chi connectivity index (χ2n) is 7.85. The Kier molecular flexibility index (Phi) is 5.77. The molecule has 31 heavy (non-hydrogen) atoms. The van der Waals surface area contributed by atoms with Gasteiger partial charge in [0, 0.05) is 48.7 Å². The highest BCUT2D eigenvalue weighted by molar-refractivity contribution is 6.01. The first-order valence-electron chi connectivity index (χ1n) is 10.1. The Hall–Kier alpha value is -3.58. The van der Waals surface area contributed by atoms with E-state index in [0.29, 0.717) is 30.0 Å². The Morgan fingerprint density at radius 2 is 1.65 bits per heavy atom. The Balaban J connectivity index is 1.61. The van der Waals surface area contributed by atoms with Crippen LogP contribution in [0.5, 0.6) is 0 Å². The summed E-state index contributed by atoms with van der Waals surface area (Å²) in [5.74, 6) is 0.188. The van der Waals surface area contributed by atoms with Gasteiger partial charge in [0.1, 0.15) is 5.82 Å². The minimum atomic E-state index is -0.483. The number of aliphatic hydroxyl groups is 1. The maximum absolute atomic E-state index is 12.9. The highest BCUT2D eigenvalue weighted by atomic mass is 16.3. The lowest BCUT2D eigenvalue weighted by Crippen LogP contribution is -2.53. The highest BCUT2D eigenvalue weighted by Crippen LogP contribution is 2.25. The number of aryl methyl sites for hydroxylation is 2. The van der Waals surface area contributed by atoms with Crippen LogP contribution in [0.1, 0.15) is 37.7 Å². The van der Waals surface area contributed by atoms with Crippen molar-refractivity contribution in [3.05, 3.63) is 82.9 Å². The molecule has 1 fully saturated rings. The van der Waals surface area contributed by atoms with Gasteiger partial charge < -0.3 is 15.3 Å². The standard InChI is InChI=1S/C24H24N4O3/c1-15-3-5-18(6-4-15)19-7-20(9-21(8-19)24(31)28-13-22(29)14-28)23(30)27-12-17-10-25-16(2)26-11-17/h3-11,22,29H,12-14H2,1-2H3,(H,27,30). The summed E-state index contributed by atoms with van der Waals surface area (Å²) >= 11 is 0. The molecular weight excluding hydrogens is 392 g/mol. The average molecular weight is 416 g/mol. The van der Waals surface area contributed by atoms with Gasteiger partial charge in [-0.15, -0.1) is 0 Å². The second kappa shape index (κ2) is 8.65. The summed E-state index contributed by atoms with van der Waals surface area (Å²) in [5.41, 5.74) is 4.45. The molecule has 3 aromatic rings. The predicted molar refractivity (Wildman–Crippen MR) is 116 cm³/mol.